The summed E-state index contributed by atoms with van der Waals surface area (Å²) < 4.78 is 29.6. The van der Waals surface area contributed by atoms with Gasteiger partial charge in [-0.3, -0.25) is 4.57 Å². The molecule has 2 aromatic heterocycles. The average molecular weight is 358 g/mol. The standard InChI is InChI=1S/C13H16ClN5O5/c1-20-3-5-7-8(24-13(21-2)23-7)11(22-5)19-4-16-6-9(15)17-12(14)18-10(6)19/h4-5,7-8,11,13H,3H2,1-2H3,(H2,15,17,18)/t5-,7?,8+,11-,13?/m1/s1. The predicted octanol–water partition coefficient (Wildman–Crippen LogP) is 0.320. The number of nitrogens with two attached hydrogens (primary N) is 1. The second-order valence-electron chi connectivity index (χ2n) is 5.45. The lowest BCUT2D eigenvalue weighted by molar-refractivity contribution is -0.257. The third kappa shape index (κ3) is 2.42. The van der Waals surface area contributed by atoms with Crippen LogP contribution in [0.1, 0.15) is 6.23 Å². The first-order valence-corrected chi connectivity index (χ1v) is 7.64. The van der Waals surface area contributed by atoms with Gasteiger partial charge in [-0.25, -0.2) is 4.98 Å². The van der Waals surface area contributed by atoms with Crippen LogP contribution in [0, 0.1) is 0 Å². The largest absolute Gasteiger partial charge is 0.382 e. The molecule has 4 rings (SSSR count). The van der Waals surface area contributed by atoms with E-state index < -0.39 is 18.8 Å². The van der Waals surface area contributed by atoms with Crippen LogP contribution in [0.4, 0.5) is 5.82 Å². The molecule has 2 aliphatic heterocycles. The second-order valence-corrected chi connectivity index (χ2v) is 5.79. The highest BCUT2D eigenvalue weighted by Crippen LogP contribution is 2.40. The fraction of sp³-hybridized carbons (Fsp3) is 0.615. The number of fused-ring (bicyclic) bond motifs is 2. The molecule has 0 bridgehead atoms. The Morgan fingerprint density at radius 3 is 2.79 bits per heavy atom. The van der Waals surface area contributed by atoms with E-state index in [2.05, 4.69) is 15.0 Å². The minimum absolute atomic E-state index is 0.0306. The smallest absolute Gasteiger partial charge is 0.272 e. The summed E-state index contributed by atoms with van der Waals surface area (Å²) in [5.74, 6) is 0.199. The number of anilines is 1. The van der Waals surface area contributed by atoms with Gasteiger partial charge >= 0.3 is 0 Å². The molecular formula is C13H16ClN5O5. The Labute approximate surface area is 141 Å². The van der Waals surface area contributed by atoms with E-state index >= 15 is 0 Å². The van der Waals surface area contributed by atoms with Crippen molar-refractivity contribution in [3.8, 4) is 0 Å². The molecular weight excluding hydrogens is 342 g/mol. The topological polar surface area (TPSA) is 116 Å². The van der Waals surface area contributed by atoms with Gasteiger partial charge in [0.15, 0.2) is 17.7 Å². The first-order valence-electron chi connectivity index (χ1n) is 7.26. The maximum absolute atomic E-state index is 6.04. The number of nitrogens with zero attached hydrogens (tertiary/aromatic N) is 4. The Hall–Kier alpha value is -1.56. The van der Waals surface area contributed by atoms with Crippen molar-refractivity contribution in [1.82, 2.24) is 19.5 Å². The average Bonchev–Trinajstić information content (AvgIpc) is 3.22. The first kappa shape index (κ1) is 15.9. The summed E-state index contributed by atoms with van der Waals surface area (Å²) in [6.45, 7) is -0.411. The van der Waals surface area contributed by atoms with Crippen molar-refractivity contribution < 1.29 is 23.7 Å². The van der Waals surface area contributed by atoms with Crippen LogP contribution in [0.3, 0.4) is 0 Å². The number of methoxy groups -OCH3 is 2. The van der Waals surface area contributed by atoms with Crippen LogP contribution in [0.15, 0.2) is 6.33 Å². The maximum Gasteiger partial charge on any atom is 0.272 e. The molecule has 130 valence electrons. The number of halogens is 1. The molecule has 2 N–H and O–H groups in total. The number of imidazole rings is 1. The molecule has 24 heavy (non-hydrogen) atoms. The molecule has 0 saturated carbocycles. The van der Waals surface area contributed by atoms with Crippen molar-refractivity contribution in [3.63, 3.8) is 0 Å². The van der Waals surface area contributed by atoms with Crippen molar-refractivity contribution in [2.24, 2.45) is 0 Å². The van der Waals surface area contributed by atoms with Gasteiger partial charge < -0.3 is 29.4 Å². The van der Waals surface area contributed by atoms with Gasteiger partial charge in [0.25, 0.3) is 6.48 Å². The molecule has 0 aromatic carbocycles. The molecule has 2 fully saturated rings. The van der Waals surface area contributed by atoms with Crippen LogP contribution < -0.4 is 5.73 Å². The van der Waals surface area contributed by atoms with Crippen molar-refractivity contribution in [1.29, 1.82) is 0 Å². The van der Waals surface area contributed by atoms with Crippen LogP contribution in [0.5, 0.6) is 0 Å². The van der Waals surface area contributed by atoms with E-state index in [1.165, 1.54) is 7.11 Å². The van der Waals surface area contributed by atoms with Crippen molar-refractivity contribution in [3.05, 3.63) is 11.6 Å². The van der Waals surface area contributed by atoms with Gasteiger partial charge in [-0.2, -0.15) is 9.97 Å². The van der Waals surface area contributed by atoms with Gasteiger partial charge in [-0.15, -0.1) is 0 Å². The third-order valence-corrected chi connectivity index (χ3v) is 4.21. The molecule has 0 radical (unpaired) electrons. The normalized spacial score (nSPS) is 32.5. The number of hydrogen-bond donors (Lipinski definition) is 1. The molecule has 2 aliphatic rings. The number of hydrogen-bond acceptors (Lipinski definition) is 9. The highest BCUT2D eigenvalue weighted by atomic mass is 35.5. The molecule has 4 heterocycles. The van der Waals surface area contributed by atoms with Crippen LogP contribution in [-0.2, 0) is 23.7 Å². The predicted molar refractivity (Wildman–Crippen MR) is 81.1 cm³/mol. The lowest BCUT2D eigenvalue weighted by Crippen LogP contribution is -2.31. The van der Waals surface area contributed by atoms with Crippen LogP contribution in [-0.4, -0.2) is 65.1 Å². The van der Waals surface area contributed by atoms with Gasteiger partial charge in [-0.05, 0) is 11.6 Å². The summed E-state index contributed by atoms with van der Waals surface area (Å²) in [5.41, 5.74) is 6.75. The van der Waals surface area contributed by atoms with Crippen LogP contribution >= 0.6 is 11.6 Å². The lowest BCUT2D eigenvalue weighted by atomic mass is 10.1. The Morgan fingerprint density at radius 1 is 1.25 bits per heavy atom. The minimum Gasteiger partial charge on any atom is -0.382 e. The summed E-state index contributed by atoms with van der Waals surface area (Å²) in [4.78, 5) is 12.3. The fourth-order valence-corrected chi connectivity index (χ4v) is 3.21. The Morgan fingerprint density at radius 2 is 2.04 bits per heavy atom. The van der Waals surface area contributed by atoms with Gasteiger partial charge in [0.05, 0.1) is 12.9 Å². The van der Waals surface area contributed by atoms with E-state index in [9.17, 15) is 0 Å². The number of rotatable bonds is 4. The Kier molecular flexibility index (Phi) is 4.03. The SMILES string of the molecule is COC[C@H]1O[C@@H](n2cnc3c(N)nc(Cl)nc32)[C@H]2OC(OC)OC12. The van der Waals surface area contributed by atoms with Gasteiger partial charge in [0.2, 0.25) is 5.28 Å². The van der Waals surface area contributed by atoms with E-state index in [1.807, 2.05) is 0 Å². The summed E-state index contributed by atoms with van der Waals surface area (Å²) in [6.07, 6.45) is -0.0516. The van der Waals surface area contributed by atoms with E-state index in [-0.39, 0.29) is 23.3 Å². The molecule has 2 saturated heterocycles. The maximum atomic E-state index is 6.04. The summed E-state index contributed by atoms with van der Waals surface area (Å²) >= 11 is 5.91. The van der Waals surface area contributed by atoms with E-state index in [0.29, 0.717) is 17.8 Å². The number of aromatic nitrogens is 4. The van der Waals surface area contributed by atoms with Gasteiger partial charge in [-0.1, -0.05) is 0 Å². The lowest BCUT2D eigenvalue weighted by Gasteiger charge is -2.20. The third-order valence-electron chi connectivity index (χ3n) is 4.04. The Bertz CT molecular complexity index is 758. The summed E-state index contributed by atoms with van der Waals surface area (Å²) in [5, 5.41) is 0.0306. The fourth-order valence-electron chi connectivity index (χ4n) is 3.04. The van der Waals surface area contributed by atoms with Gasteiger partial charge in [0, 0.05) is 14.2 Å². The van der Waals surface area contributed by atoms with Crippen molar-refractivity contribution in [2.45, 2.75) is 31.0 Å². The molecule has 0 amide bonds. The zero-order valence-corrected chi connectivity index (χ0v) is 13.7. The van der Waals surface area contributed by atoms with Crippen LogP contribution in [0.25, 0.3) is 11.2 Å². The Balaban J connectivity index is 1.73. The number of ether oxygens (including phenoxy) is 5. The van der Waals surface area contributed by atoms with Crippen LogP contribution in [0.2, 0.25) is 5.28 Å². The first-order chi connectivity index (χ1) is 11.6. The summed E-state index contributed by atoms with van der Waals surface area (Å²) in [7, 11) is 3.10. The summed E-state index contributed by atoms with van der Waals surface area (Å²) in [6, 6.07) is 0. The molecule has 0 aliphatic carbocycles. The highest BCUT2D eigenvalue weighted by Gasteiger charge is 2.54. The second kappa shape index (κ2) is 6.06. The number of nitrogen functional groups attached to an aromatic ring is 1. The monoisotopic (exact) mass is 357 g/mol. The molecule has 0 spiro atoms. The molecule has 10 nitrogen and oxygen atoms in total. The highest BCUT2D eigenvalue weighted by molar-refractivity contribution is 6.28. The molecule has 2 aromatic rings. The van der Waals surface area contributed by atoms with Crippen molar-refractivity contribution >= 4 is 28.6 Å². The van der Waals surface area contributed by atoms with Crippen molar-refractivity contribution in [2.75, 3.05) is 26.6 Å². The zero-order valence-electron chi connectivity index (χ0n) is 13.0. The van der Waals surface area contributed by atoms with E-state index in [0.717, 1.165) is 0 Å². The molecule has 2 unspecified atom stereocenters. The van der Waals surface area contributed by atoms with E-state index in [1.54, 1.807) is 18.0 Å². The minimum atomic E-state index is -0.760. The van der Waals surface area contributed by atoms with E-state index in [4.69, 9.17) is 41.0 Å². The molecule has 11 heteroatoms. The molecule has 5 atom stereocenters. The van der Waals surface area contributed by atoms with Gasteiger partial charge in [0.1, 0.15) is 23.8 Å². The zero-order chi connectivity index (χ0) is 16.8. The quantitative estimate of drug-likeness (QED) is 0.772.